The van der Waals surface area contributed by atoms with Gasteiger partial charge < -0.3 is 4.90 Å². The van der Waals surface area contributed by atoms with Crippen LogP contribution in [0.5, 0.6) is 0 Å². The molecule has 0 spiro atoms. The van der Waals surface area contributed by atoms with Gasteiger partial charge in [0.1, 0.15) is 6.33 Å². The third kappa shape index (κ3) is 7.95. The molecule has 0 bridgehead atoms. The number of nitrogens with zero attached hydrogens (tertiary/aromatic N) is 5. The number of carbonyl (C=O) groups is 1. The topological polar surface area (TPSA) is 52.6 Å². The summed E-state index contributed by atoms with van der Waals surface area (Å²) in [6.07, 6.45) is 14.3. The van der Waals surface area contributed by atoms with E-state index in [0.717, 1.165) is 57.0 Å². The molecule has 3 heterocycles. The lowest BCUT2D eigenvalue weighted by atomic mass is 9.85. The third-order valence-electron chi connectivity index (χ3n) is 9.95. The van der Waals surface area contributed by atoms with Crippen LogP contribution < -0.4 is 0 Å². The fourth-order valence-corrected chi connectivity index (χ4v) is 7.10. The van der Waals surface area contributed by atoms with Crippen molar-refractivity contribution < 1.29 is 4.79 Å². The summed E-state index contributed by atoms with van der Waals surface area (Å²) in [6.45, 7) is 18.0. The Hall–Kier alpha value is -2.31. The maximum atomic E-state index is 13.4. The van der Waals surface area contributed by atoms with Crippen molar-refractivity contribution in [3.05, 3.63) is 58.7 Å². The molecule has 0 unspecified atom stereocenters. The van der Waals surface area contributed by atoms with Crippen molar-refractivity contribution in [3.63, 3.8) is 0 Å². The second-order valence-electron chi connectivity index (χ2n) is 13.1. The molecule has 0 aliphatic carbocycles. The zero-order valence-electron chi connectivity index (χ0n) is 26.8. The zero-order valence-corrected chi connectivity index (χ0v) is 26.8. The predicted molar refractivity (Wildman–Crippen MR) is 169 cm³/mol. The van der Waals surface area contributed by atoms with E-state index in [1.807, 2.05) is 18.7 Å². The first-order valence-corrected chi connectivity index (χ1v) is 16.4. The van der Waals surface area contributed by atoms with Gasteiger partial charge in [-0.2, -0.15) is 0 Å². The van der Waals surface area contributed by atoms with Gasteiger partial charge in [0.15, 0.2) is 0 Å². The number of aromatic nitrogens is 2. The first kappa shape index (κ1) is 31.6. The van der Waals surface area contributed by atoms with Crippen molar-refractivity contribution in [1.29, 1.82) is 0 Å². The first-order valence-electron chi connectivity index (χ1n) is 16.4. The molecule has 2 aliphatic rings. The van der Waals surface area contributed by atoms with Crippen LogP contribution in [0.15, 0.2) is 30.6 Å². The molecule has 0 saturated carbocycles. The largest absolute Gasteiger partial charge is 0.338 e. The number of hydrogen-bond acceptors (Lipinski definition) is 5. The fraction of sp³-hybridized carbons (Fsp3) is 0.686. The maximum Gasteiger partial charge on any atom is 0.257 e. The Bertz CT molecular complexity index is 1090. The molecule has 2 atom stereocenters. The Morgan fingerprint density at radius 1 is 0.902 bits per heavy atom. The zero-order chi connectivity index (χ0) is 29.4. The molecular weight excluding hydrogens is 506 g/mol. The molecular formula is C35H55N5O. The van der Waals surface area contributed by atoms with E-state index < -0.39 is 0 Å². The summed E-state index contributed by atoms with van der Waals surface area (Å²) >= 11 is 0. The fourth-order valence-electron chi connectivity index (χ4n) is 7.10. The minimum Gasteiger partial charge on any atom is -0.338 e. The molecule has 2 fully saturated rings. The van der Waals surface area contributed by atoms with Crippen molar-refractivity contribution in [2.75, 3.05) is 32.7 Å². The van der Waals surface area contributed by atoms with Gasteiger partial charge in [-0.25, -0.2) is 9.97 Å². The monoisotopic (exact) mass is 561 g/mol. The molecule has 2 saturated heterocycles. The van der Waals surface area contributed by atoms with Crippen molar-refractivity contribution in [1.82, 2.24) is 24.7 Å². The molecule has 0 radical (unpaired) electrons. The van der Waals surface area contributed by atoms with Crippen LogP contribution in [0.2, 0.25) is 0 Å². The van der Waals surface area contributed by atoms with Crippen molar-refractivity contribution in [3.8, 4) is 0 Å². The second kappa shape index (κ2) is 14.7. The van der Waals surface area contributed by atoms with Gasteiger partial charge in [-0.05, 0) is 59.4 Å². The Kier molecular flexibility index (Phi) is 11.4. The number of likely N-dealkylation sites (tertiary alicyclic amines) is 1. The van der Waals surface area contributed by atoms with Crippen LogP contribution >= 0.6 is 0 Å². The standard InChI is InChI=1S/C35H55N5O/c1-7-8-9-10-11-12-13-14-32(31-17-15-27(2)16-18-31)40-24-23-39(25-28(40)3)35(6)19-21-38(22-20-35)34(41)33-29(4)36-26-37-30(33)5/h15-18,26,28,32H,7-14,19-25H2,1-6H3/t28-,32-/m0/s1. The summed E-state index contributed by atoms with van der Waals surface area (Å²) in [6, 6.07) is 10.3. The van der Waals surface area contributed by atoms with Crippen LogP contribution in [-0.2, 0) is 0 Å². The number of benzene rings is 1. The lowest BCUT2D eigenvalue weighted by Crippen LogP contribution is -2.62. The van der Waals surface area contributed by atoms with Gasteiger partial charge in [-0.15, -0.1) is 0 Å². The maximum absolute atomic E-state index is 13.4. The highest BCUT2D eigenvalue weighted by Crippen LogP contribution is 2.35. The quantitative estimate of drug-likeness (QED) is 0.255. The summed E-state index contributed by atoms with van der Waals surface area (Å²) in [7, 11) is 0. The van der Waals surface area contributed by atoms with Crippen LogP contribution in [-0.4, -0.2) is 74.9 Å². The minimum absolute atomic E-state index is 0.0899. The van der Waals surface area contributed by atoms with Gasteiger partial charge in [0.25, 0.3) is 5.91 Å². The molecule has 226 valence electrons. The molecule has 2 aromatic rings. The Morgan fingerprint density at radius 2 is 1.51 bits per heavy atom. The average molecular weight is 562 g/mol. The second-order valence-corrected chi connectivity index (χ2v) is 13.1. The van der Waals surface area contributed by atoms with Gasteiger partial charge in [0, 0.05) is 50.3 Å². The van der Waals surface area contributed by atoms with E-state index in [-0.39, 0.29) is 11.4 Å². The normalized spacial score (nSPS) is 20.7. The third-order valence-corrected chi connectivity index (χ3v) is 9.95. The number of carbonyl (C=O) groups excluding carboxylic acids is 1. The summed E-state index contributed by atoms with van der Waals surface area (Å²) < 4.78 is 0. The molecule has 41 heavy (non-hydrogen) atoms. The van der Waals surface area contributed by atoms with Crippen LogP contribution in [0.3, 0.4) is 0 Å². The van der Waals surface area contributed by atoms with Crippen molar-refractivity contribution in [2.45, 2.75) is 123 Å². The number of unbranched alkanes of at least 4 members (excludes halogenated alkanes) is 6. The van der Waals surface area contributed by atoms with Crippen molar-refractivity contribution >= 4 is 5.91 Å². The lowest BCUT2D eigenvalue weighted by Gasteiger charge is -2.53. The smallest absolute Gasteiger partial charge is 0.257 e. The molecule has 1 aromatic carbocycles. The summed E-state index contributed by atoms with van der Waals surface area (Å²) in [4.78, 5) is 29.5. The highest BCUT2D eigenvalue weighted by Gasteiger charge is 2.41. The molecule has 6 heteroatoms. The molecule has 2 aliphatic heterocycles. The lowest BCUT2D eigenvalue weighted by molar-refractivity contribution is -0.0314. The van der Waals surface area contributed by atoms with Crippen LogP contribution in [0.1, 0.15) is 124 Å². The highest BCUT2D eigenvalue weighted by molar-refractivity contribution is 5.96. The van der Waals surface area contributed by atoms with Gasteiger partial charge in [0.2, 0.25) is 0 Å². The van der Waals surface area contributed by atoms with Gasteiger partial charge in [0.05, 0.1) is 17.0 Å². The van der Waals surface area contributed by atoms with E-state index in [1.54, 1.807) is 6.33 Å². The van der Waals surface area contributed by atoms with E-state index in [9.17, 15) is 4.79 Å². The molecule has 1 amide bonds. The van der Waals surface area contributed by atoms with E-state index in [2.05, 4.69) is 71.7 Å². The van der Waals surface area contributed by atoms with Gasteiger partial charge in [-0.1, -0.05) is 81.7 Å². The summed E-state index contributed by atoms with van der Waals surface area (Å²) in [5.41, 5.74) is 5.19. The Morgan fingerprint density at radius 3 is 2.12 bits per heavy atom. The average Bonchev–Trinajstić information content (AvgIpc) is 2.96. The molecule has 4 rings (SSSR count). The van der Waals surface area contributed by atoms with Gasteiger partial charge >= 0.3 is 0 Å². The minimum atomic E-state index is 0.0899. The summed E-state index contributed by atoms with van der Waals surface area (Å²) in [5, 5.41) is 0. The van der Waals surface area contributed by atoms with E-state index in [4.69, 9.17) is 0 Å². The van der Waals surface area contributed by atoms with E-state index in [0.29, 0.717) is 17.6 Å². The molecule has 6 nitrogen and oxygen atoms in total. The number of hydrogen-bond donors (Lipinski definition) is 0. The predicted octanol–water partition coefficient (Wildman–Crippen LogP) is 7.28. The number of piperazine rings is 1. The van der Waals surface area contributed by atoms with Crippen LogP contribution in [0, 0.1) is 20.8 Å². The molecule has 1 aromatic heterocycles. The first-order chi connectivity index (χ1) is 19.7. The summed E-state index contributed by atoms with van der Waals surface area (Å²) in [5.74, 6) is 0.0899. The Labute approximate surface area is 249 Å². The van der Waals surface area contributed by atoms with Crippen LogP contribution in [0.25, 0.3) is 0 Å². The van der Waals surface area contributed by atoms with Crippen molar-refractivity contribution in [2.24, 2.45) is 0 Å². The van der Waals surface area contributed by atoms with Crippen LogP contribution in [0.4, 0.5) is 0 Å². The SMILES string of the molecule is CCCCCCCCC[C@@H](c1ccc(C)cc1)N1CCN(C2(C)CCN(C(=O)c3c(C)ncnc3C)CC2)C[C@@H]1C. The Balaban J connectivity index is 1.35. The number of amides is 1. The van der Waals surface area contributed by atoms with E-state index in [1.165, 1.54) is 62.5 Å². The molecule has 0 N–H and O–H groups in total. The highest BCUT2D eigenvalue weighted by atomic mass is 16.2. The van der Waals surface area contributed by atoms with Gasteiger partial charge in [-0.3, -0.25) is 14.6 Å². The van der Waals surface area contributed by atoms with E-state index >= 15 is 0 Å². The number of rotatable bonds is 12. The number of aryl methyl sites for hydroxylation is 3. The number of piperidine rings is 1.